The summed E-state index contributed by atoms with van der Waals surface area (Å²) in [6.45, 7) is 0.384. The van der Waals surface area contributed by atoms with Crippen molar-refractivity contribution in [2.45, 2.75) is 6.54 Å². The second kappa shape index (κ2) is 6.57. The van der Waals surface area contributed by atoms with Crippen LogP contribution in [0.25, 0.3) is 0 Å². The van der Waals surface area contributed by atoms with E-state index in [9.17, 15) is 4.79 Å². The van der Waals surface area contributed by atoms with Crippen LogP contribution >= 0.6 is 23.2 Å². The minimum atomic E-state index is -0.313. The van der Waals surface area contributed by atoms with Crippen molar-refractivity contribution >= 4 is 29.1 Å². The number of carbonyl (C=O) groups is 1. The van der Waals surface area contributed by atoms with Gasteiger partial charge in [-0.3, -0.25) is 4.79 Å². The molecule has 0 N–H and O–H groups in total. The van der Waals surface area contributed by atoms with Crippen molar-refractivity contribution in [1.29, 1.82) is 5.26 Å². The molecule has 0 fully saturated rings. The van der Waals surface area contributed by atoms with Crippen molar-refractivity contribution < 1.29 is 4.79 Å². The fourth-order valence-electron chi connectivity index (χ4n) is 1.78. The summed E-state index contributed by atoms with van der Waals surface area (Å²) in [6, 6.07) is 12.1. The van der Waals surface area contributed by atoms with E-state index in [0.29, 0.717) is 12.1 Å². The highest BCUT2D eigenvalue weighted by Gasteiger charge is 2.17. The number of pyridine rings is 1. The predicted octanol–water partition coefficient (Wildman–Crippen LogP) is 3.53. The normalized spacial score (nSPS) is 10.0. The first kappa shape index (κ1) is 15.3. The number of halogens is 2. The Balaban J connectivity index is 2.15. The number of aromatic nitrogens is 1. The van der Waals surface area contributed by atoms with Crippen molar-refractivity contribution in [3.8, 4) is 6.07 Å². The lowest BCUT2D eigenvalue weighted by atomic mass is 10.1. The summed E-state index contributed by atoms with van der Waals surface area (Å²) < 4.78 is 0. The maximum atomic E-state index is 12.3. The molecule has 1 aromatic carbocycles. The van der Waals surface area contributed by atoms with Gasteiger partial charge in [-0.2, -0.15) is 5.26 Å². The summed E-state index contributed by atoms with van der Waals surface area (Å²) >= 11 is 11.8. The molecule has 1 amide bonds. The van der Waals surface area contributed by atoms with E-state index < -0.39 is 0 Å². The van der Waals surface area contributed by atoms with Crippen molar-refractivity contribution in [3.63, 3.8) is 0 Å². The lowest BCUT2D eigenvalue weighted by Crippen LogP contribution is -2.27. The van der Waals surface area contributed by atoms with E-state index in [1.807, 2.05) is 6.07 Å². The van der Waals surface area contributed by atoms with E-state index in [2.05, 4.69) is 4.98 Å². The number of nitrogens with zero attached hydrogens (tertiary/aromatic N) is 3. The van der Waals surface area contributed by atoms with Crippen molar-refractivity contribution in [2.75, 3.05) is 7.05 Å². The lowest BCUT2D eigenvalue weighted by molar-refractivity contribution is 0.0779. The van der Waals surface area contributed by atoms with Crippen molar-refractivity contribution in [3.05, 3.63) is 63.4 Å². The van der Waals surface area contributed by atoms with Gasteiger partial charge in [0.1, 0.15) is 10.8 Å². The zero-order chi connectivity index (χ0) is 15.4. The number of hydrogen-bond donors (Lipinski definition) is 0. The molecule has 6 heteroatoms. The highest BCUT2D eigenvalue weighted by Crippen LogP contribution is 2.19. The van der Waals surface area contributed by atoms with Gasteiger partial charge in [0.25, 0.3) is 5.91 Å². The smallest absolute Gasteiger partial charge is 0.274 e. The van der Waals surface area contributed by atoms with Crippen LogP contribution in [0.3, 0.4) is 0 Å². The largest absolute Gasteiger partial charge is 0.336 e. The van der Waals surface area contributed by atoms with Gasteiger partial charge in [-0.15, -0.1) is 0 Å². The number of rotatable bonds is 3. The van der Waals surface area contributed by atoms with E-state index in [4.69, 9.17) is 28.5 Å². The van der Waals surface area contributed by atoms with Crippen LogP contribution in [-0.4, -0.2) is 22.8 Å². The van der Waals surface area contributed by atoms with Crippen LogP contribution in [0.4, 0.5) is 0 Å². The number of carbonyl (C=O) groups excluding carboxylic acids is 1. The minimum Gasteiger partial charge on any atom is -0.336 e. The zero-order valence-electron chi connectivity index (χ0n) is 11.2. The van der Waals surface area contributed by atoms with Gasteiger partial charge in [-0.1, -0.05) is 35.3 Å². The highest BCUT2D eigenvalue weighted by molar-refractivity contribution is 6.34. The molecule has 0 aliphatic rings. The molecule has 0 spiro atoms. The SMILES string of the molecule is CN(Cc1ccc(C#N)cc1)C(=O)c1nc(Cl)ccc1Cl. The molecule has 0 radical (unpaired) electrons. The monoisotopic (exact) mass is 319 g/mol. The third-order valence-corrected chi connectivity index (χ3v) is 3.38. The first-order valence-corrected chi connectivity index (χ1v) is 6.83. The number of amides is 1. The van der Waals surface area contributed by atoms with Crippen LogP contribution in [0.1, 0.15) is 21.6 Å². The van der Waals surface area contributed by atoms with Gasteiger partial charge >= 0.3 is 0 Å². The van der Waals surface area contributed by atoms with Gasteiger partial charge in [0.15, 0.2) is 0 Å². The zero-order valence-corrected chi connectivity index (χ0v) is 12.7. The topological polar surface area (TPSA) is 57.0 Å². The summed E-state index contributed by atoms with van der Waals surface area (Å²) in [5.41, 5.74) is 1.61. The molecule has 0 saturated heterocycles. The average molecular weight is 320 g/mol. The molecule has 0 bridgehead atoms. The molecule has 0 aliphatic carbocycles. The highest BCUT2D eigenvalue weighted by atomic mass is 35.5. The molecular formula is C15H11Cl2N3O. The lowest BCUT2D eigenvalue weighted by Gasteiger charge is -2.17. The van der Waals surface area contributed by atoms with Crippen LogP contribution in [0.15, 0.2) is 36.4 Å². The van der Waals surface area contributed by atoms with E-state index in [1.54, 1.807) is 37.4 Å². The first-order chi connectivity index (χ1) is 10.0. The Morgan fingerprint density at radius 1 is 1.24 bits per heavy atom. The van der Waals surface area contributed by atoms with Crippen LogP contribution in [0.5, 0.6) is 0 Å². The summed E-state index contributed by atoms with van der Waals surface area (Å²) in [5, 5.41) is 9.23. The molecule has 2 aromatic rings. The third kappa shape index (κ3) is 3.72. The molecule has 0 unspecified atom stereocenters. The van der Waals surface area contributed by atoms with Gasteiger partial charge in [0.05, 0.1) is 16.7 Å². The summed E-state index contributed by atoms with van der Waals surface area (Å²) in [4.78, 5) is 17.8. The van der Waals surface area contributed by atoms with Crippen LogP contribution in [0, 0.1) is 11.3 Å². The fourth-order valence-corrected chi connectivity index (χ4v) is 2.11. The first-order valence-electron chi connectivity index (χ1n) is 6.08. The molecule has 0 saturated carbocycles. The Hall–Kier alpha value is -2.09. The Labute approximate surface area is 132 Å². The summed E-state index contributed by atoms with van der Waals surface area (Å²) in [6.07, 6.45) is 0. The van der Waals surface area contributed by atoms with E-state index in [-0.39, 0.29) is 21.8 Å². The maximum Gasteiger partial charge on any atom is 0.274 e. The number of benzene rings is 1. The van der Waals surface area contributed by atoms with Crippen molar-refractivity contribution in [2.24, 2.45) is 0 Å². The van der Waals surface area contributed by atoms with E-state index in [0.717, 1.165) is 5.56 Å². The molecule has 1 heterocycles. The molecule has 21 heavy (non-hydrogen) atoms. The molecule has 2 rings (SSSR count). The molecule has 0 atom stereocenters. The average Bonchev–Trinajstić information content (AvgIpc) is 2.49. The Morgan fingerprint density at radius 2 is 1.90 bits per heavy atom. The molecule has 0 aliphatic heterocycles. The van der Waals surface area contributed by atoms with E-state index in [1.165, 1.54) is 11.0 Å². The summed E-state index contributed by atoms with van der Waals surface area (Å²) in [5.74, 6) is -0.313. The van der Waals surface area contributed by atoms with Gasteiger partial charge in [-0.25, -0.2) is 4.98 Å². The quantitative estimate of drug-likeness (QED) is 0.813. The molecule has 106 valence electrons. The maximum absolute atomic E-state index is 12.3. The molecule has 1 aromatic heterocycles. The minimum absolute atomic E-state index is 0.125. The Bertz CT molecular complexity index is 708. The van der Waals surface area contributed by atoms with E-state index >= 15 is 0 Å². The second-order valence-electron chi connectivity index (χ2n) is 4.43. The second-order valence-corrected chi connectivity index (χ2v) is 5.23. The number of hydrogen-bond acceptors (Lipinski definition) is 3. The molecule has 4 nitrogen and oxygen atoms in total. The molecular weight excluding hydrogens is 309 g/mol. The Kier molecular flexibility index (Phi) is 4.79. The van der Waals surface area contributed by atoms with Crippen LogP contribution in [0.2, 0.25) is 10.2 Å². The third-order valence-electron chi connectivity index (χ3n) is 2.86. The standard InChI is InChI=1S/C15H11Cl2N3O/c1-20(9-11-4-2-10(8-18)3-5-11)15(21)14-12(16)6-7-13(17)19-14/h2-7H,9H2,1H3. The fraction of sp³-hybridized carbons (Fsp3) is 0.133. The van der Waals surface area contributed by atoms with Gasteiger partial charge in [0, 0.05) is 13.6 Å². The van der Waals surface area contributed by atoms with Gasteiger partial charge < -0.3 is 4.90 Å². The predicted molar refractivity (Wildman–Crippen MR) is 81.2 cm³/mol. The summed E-state index contributed by atoms with van der Waals surface area (Å²) in [7, 11) is 1.65. The van der Waals surface area contributed by atoms with Gasteiger partial charge in [-0.05, 0) is 29.8 Å². The Morgan fingerprint density at radius 3 is 2.52 bits per heavy atom. The van der Waals surface area contributed by atoms with Gasteiger partial charge in [0.2, 0.25) is 0 Å². The van der Waals surface area contributed by atoms with Crippen LogP contribution in [-0.2, 0) is 6.54 Å². The number of nitriles is 1. The van der Waals surface area contributed by atoms with Crippen molar-refractivity contribution in [1.82, 2.24) is 9.88 Å². The van der Waals surface area contributed by atoms with Crippen LogP contribution < -0.4 is 0 Å².